The first-order valence-electron chi connectivity index (χ1n) is 8.15. The van der Waals surface area contributed by atoms with E-state index in [1.54, 1.807) is 0 Å². The van der Waals surface area contributed by atoms with Crippen LogP contribution in [0.25, 0.3) is 0 Å². The average molecular weight is 294 g/mol. The van der Waals surface area contributed by atoms with Gasteiger partial charge in [-0.1, -0.05) is 26.2 Å². The number of anilines is 2. The molecule has 1 unspecified atom stereocenters. The van der Waals surface area contributed by atoms with Crippen LogP contribution in [-0.4, -0.2) is 29.2 Å². The van der Waals surface area contributed by atoms with Gasteiger partial charge in [-0.15, -0.1) is 0 Å². The molecular weight excluding hydrogens is 264 g/mol. The van der Waals surface area contributed by atoms with E-state index in [0.717, 1.165) is 30.4 Å². The summed E-state index contributed by atoms with van der Waals surface area (Å²) in [5.41, 5.74) is 0. The van der Waals surface area contributed by atoms with Crippen molar-refractivity contribution in [1.29, 1.82) is 0 Å². The standard InChI is InChI=1S/C16H30N4O/c1-5-8-9-10-13(4)18-15-11-14(17-6-2)19-16(20-15)12-21-7-3/h11,13H,5-10,12H2,1-4H3,(H2,17,18,19,20). The monoisotopic (exact) mass is 294 g/mol. The molecule has 0 spiro atoms. The Kier molecular flexibility index (Phi) is 8.74. The second-order valence-corrected chi connectivity index (χ2v) is 5.26. The van der Waals surface area contributed by atoms with E-state index in [1.165, 1.54) is 19.3 Å². The zero-order chi connectivity index (χ0) is 15.5. The van der Waals surface area contributed by atoms with E-state index in [9.17, 15) is 0 Å². The lowest BCUT2D eigenvalue weighted by Gasteiger charge is -2.16. The molecule has 0 aliphatic rings. The van der Waals surface area contributed by atoms with Gasteiger partial charge < -0.3 is 15.4 Å². The van der Waals surface area contributed by atoms with Crippen molar-refractivity contribution >= 4 is 11.6 Å². The maximum absolute atomic E-state index is 5.41. The van der Waals surface area contributed by atoms with Crippen molar-refractivity contribution in [3.05, 3.63) is 11.9 Å². The molecule has 0 fully saturated rings. The zero-order valence-electron chi connectivity index (χ0n) is 13.9. The van der Waals surface area contributed by atoms with Crippen molar-refractivity contribution in [2.75, 3.05) is 23.8 Å². The van der Waals surface area contributed by atoms with E-state index < -0.39 is 0 Å². The molecule has 0 saturated heterocycles. The summed E-state index contributed by atoms with van der Waals surface area (Å²) in [6, 6.07) is 2.38. The lowest BCUT2D eigenvalue weighted by atomic mass is 10.1. The molecule has 21 heavy (non-hydrogen) atoms. The molecule has 1 atom stereocenters. The van der Waals surface area contributed by atoms with E-state index in [0.29, 0.717) is 19.3 Å². The third kappa shape index (κ3) is 7.27. The van der Waals surface area contributed by atoms with Crippen LogP contribution in [-0.2, 0) is 11.3 Å². The van der Waals surface area contributed by atoms with Crippen molar-refractivity contribution in [3.63, 3.8) is 0 Å². The Morgan fingerprint density at radius 3 is 2.57 bits per heavy atom. The minimum atomic E-state index is 0.417. The van der Waals surface area contributed by atoms with Gasteiger partial charge in [0.25, 0.3) is 0 Å². The lowest BCUT2D eigenvalue weighted by molar-refractivity contribution is 0.128. The quantitative estimate of drug-likeness (QED) is 0.607. The number of nitrogens with one attached hydrogen (secondary N) is 2. The lowest BCUT2D eigenvalue weighted by Crippen LogP contribution is -2.17. The van der Waals surface area contributed by atoms with Gasteiger partial charge in [-0.2, -0.15) is 0 Å². The van der Waals surface area contributed by atoms with Gasteiger partial charge >= 0.3 is 0 Å². The highest BCUT2D eigenvalue weighted by molar-refractivity contribution is 5.47. The second-order valence-electron chi connectivity index (χ2n) is 5.26. The van der Waals surface area contributed by atoms with E-state index in [1.807, 2.05) is 13.0 Å². The Morgan fingerprint density at radius 2 is 1.90 bits per heavy atom. The third-order valence-corrected chi connectivity index (χ3v) is 3.20. The number of rotatable bonds is 11. The summed E-state index contributed by atoms with van der Waals surface area (Å²) in [4.78, 5) is 8.99. The highest BCUT2D eigenvalue weighted by Gasteiger charge is 2.07. The van der Waals surface area contributed by atoms with E-state index in [4.69, 9.17) is 4.74 Å². The highest BCUT2D eigenvalue weighted by atomic mass is 16.5. The van der Waals surface area contributed by atoms with Gasteiger partial charge in [-0.05, 0) is 27.2 Å². The van der Waals surface area contributed by atoms with Crippen LogP contribution >= 0.6 is 0 Å². The fourth-order valence-electron chi connectivity index (χ4n) is 2.13. The molecule has 1 aromatic rings. The molecule has 0 aliphatic carbocycles. The maximum Gasteiger partial charge on any atom is 0.158 e. The second kappa shape index (κ2) is 10.4. The molecule has 120 valence electrons. The normalized spacial score (nSPS) is 12.2. The number of nitrogens with zero attached hydrogens (tertiary/aromatic N) is 2. The van der Waals surface area contributed by atoms with Gasteiger partial charge in [0.1, 0.15) is 18.2 Å². The summed E-state index contributed by atoms with van der Waals surface area (Å²) in [5, 5.41) is 6.71. The number of unbranched alkanes of at least 4 members (excludes halogenated alkanes) is 2. The predicted molar refractivity (Wildman–Crippen MR) is 88.8 cm³/mol. The van der Waals surface area contributed by atoms with Crippen LogP contribution in [0.3, 0.4) is 0 Å². The largest absolute Gasteiger partial charge is 0.374 e. The van der Waals surface area contributed by atoms with E-state index in [-0.39, 0.29) is 0 Å². The molecule has 2 N–H and O–H groups in total. The molecule has 0 saturated carbocycles. The highest BCUT2D eigenvalue weighted by Crippen LogP contribution is 2.15. The van der Waals surface area contributed by atoms with Crippen LogP contribution in [0.5, 0.6) is 0 Å². The number of ether oxygens (including phenoxy) is 1. The molecule has 0 radical (unpaired) electrons. The summed E-state index contributed by atoms with van der Waals surface area (Å²) in [6.07, 6.45) is 4.95. The fourth-order valence-corrected chi connectivity index (χ4v) is 2.13. The van der Waals surface area contributed by atoms with Crippen molar-refractivity contribution < 1.29 is 4.74 Å². The topological polar surface area (TPSA) is 59.1 Å². The molecule has 0 amide bonds. The van der Waals surface area contributed by atoms with Crippen LogP contribution in [0, 0.1) is 0 Å². The minimum absolute atomic E-state index is 0.417. The van der Waals surface area contributed by atoms with Crippen LogP contribution in [0.4, 0.5) is 11.6 Å². The molecule has 5 heteroatoms. The molecule has 0 bridgehead atoms. The number of aromatic nitrogens is 2. The minimum Gasteiger partial charge on any atom is -0.374 e. The average Bonchev–Trinajstić information content (AvgIpc) is 2.45. The van der Waals surface area contributed by atoms with Gasteiger partial charge in [-0.25, -0.2) is 9.97 Å². The first-order chi connectivity index (χ1) is 10.2. The Bertz CT molecular complexity index is 398. The summed E-state index contributed by atoms with van der Waals surface area (Å²) in [7, 11) is 0. The summed E-state index contributed by atoms with van der Waals surface area (Å²) in [6.45, 7) is 10.4. The summed E-state index contributed by atoms with van der Waals surface area (Å²) < 4.78 is 5.41. The Hall–Kier alpha value is -1.36. The van der Waals surface area contributed by atoms with E-state index >= 15 is 0 Å². The third-order valence-electron chi connectivity index (χ3n) is 3.20. The van der Waals surface area contributed by atoms with E-state index in [2.05, 4.69) is 41.4 Å². The smallest absolute Gasteiger partial charge is 0.158 e. The Labute approximate surface area is 128 Å². The van der Waals surface area contributed by atoms with Gasteiger partial charge in [-0.3, -0.25) is 0 Å². The van der Waals surface area contributed by atoms with Crippen molar-refractivity contribution in [2.24, 2.45) is 0 Å². The van der Waals surface area contributed by atoms with Crippen molar-refractivity contribution in [2.45, 2.75) is 66.0 Å². The van der Waals surface area contributed by atoms with Crippen molar-refractivity contribution in [3.8, 4) is 0 Å². The van der Waals surface area contributed by atoms with Crippen LogP contribution < -0.4 is 10.6 Å². The van der Waals surface area contributed by atoms with Gasteiger partial charge in [0, 0.05) is 25.3 Å². The summed E-state index contributed by atoms with van der Waals surface area (Å²) in [5.74, 6) is 2.45. The first kappa shape index (κ1) is 17.7. The summed E-state index contributed by atoms with van der Waals surface area (Å²) >= 11 is 0. The maximum atomic E-state index is 5.41. The van der Waals surface area contributed by atoms with Crippen LogP contribution in [0.1, 0.15) is 59.2 Å². The molecule has 5 nitrogen and oxygen atoms in total. The molecule has 0 aromatic carbocycles. The van der Waals surface area contributed by atoms with Crippen LogP contribution in [0.2, 0.25) is 0 Å². The molecular formula is C16H30N4O. The zero-order valence-corrected chi connectivity index (χ0v) is 13.9. The molecule has 1 aromatic heterocycles. The number of hydrogen-bond donors (Lipinski definition) is 2. The van der Waals surface area contributed by atoms with Gasteiger partial charge in [0.05, 0.1) is 0 Å². The molecule has 0 aliphatic heterocycles. The van der Waals surface area contributed by atoms with Crippen molar-refractivity contribution in [1.82, 2.24) is 9.97 Å². The SMILES string of the molecule is CCCCCC(C)Nc1cc(NCC)nc(COCC)n1. The Balaban J connectivity index is 2.67. The predicted octanol–water partition coefficient (Wildman–Crippen LogP) is 3.83. The van der Waals surface area contributed by atoms with Gasteiger partial charge in [0.2, 0.25) is 0 Å². The fraction of sp³-hybridized carbons (Fsp3) is 0.750. The molecule has 1 rings (SSSR count). The van der Waals surface area contributed by atoms with Gasteiger partial charge in [0.15, 0.2) is 5.82 Å². The number of hydrogen-bond acceptors (Lipinski definition) is 5. The van der Waals surface area contributed by atoms with Crippen LogP contribution in [0.15, 0.2) is 6.07 Å². The Morgan fingerprint density at radius 1 is 1.14 bits per heavy atom. The molecule has 1 heterocycles. The first-order valence-corrected chi connectivity index (χ1v) is 8.15.